The van der Waals surface area contributed by atoms with Crippen molar-refractivity contribution in [3.8, 4) is 11.1 Å². The highest BCUT2D eigenvalue weighted by Crippen LogP contribution is 2.60. The Kier molecular flexibility index (Phi) is 5.33. The highest BCUT2D eigenvalue weighted by molar-refractivity contribution is 5.88. The summed E-state index contributed by atoms with van der Waals surface area (Å²) in [5.74, 6) is 1.78. The highest BCUT2D eigenvalue weighted by atomic mass is 16.5. The zero-order valence-electron chi connectivity index (χ0n) is 18.2. The summed E-state index contributed by atoms with van der Waals surface area (Å²) in [7, 11) is 1.39. The SMILES string of the molecule is COC(=O)[C@H](Cc1ccc(-c2ccccc2)cc1)NC(=O)C12CC3CC(CC(C3)C1)C2. The van der Waals surface area contributed by atoms with Gasteiger partial charge >= 0.3 is 5.97 Å². The molecule has 1 amide bonds. The number of nitrogens with one attached hydrogen (secondary N) is 1. The maximum absolute atomic E-state index is 13.4. The number of amides is 1. The molecule has 0 aliphatic heterocycles. The molecule has 31 heavy (non-hydrogen) atoms. The van der Waals surface area contributed by atoms with Crippen molar-refractivity contribution in [1.82, 2.24) is 5.32 Å². The molecule has 4 aliphatic carbocycles. The molecule has 4 fully saturated rings. The van der Waals surface area contributed by atoms with Gasteiger partial charge in [-0.2, -0.15) is 0 Å². The molecule has 4 nitrogen and oxygen atoms in total. The van der Waals surface area contributed by atoms with Crippen LogP contribution in [0.1, 0.15) is 44.1 Å². The molecule has 4 aliphatic rings. The van der Waals surface area contributed by atoms with Crippen LogP contribution in [0.25, 0.3) is 11.1 Å². The first-order valence-corrected chi connectivity index (χ1v) is 11.6. The Morgan fingerprint density at radius 1 is 0.903 bits per heavy atom. The molecule has 2 aromatic rings. The molecule has 0 aromatic heterocycles. The molecule has 0 heterocycles. The number of carbonyl (C=O) groups excluding carboxylic acids is 2. The second-order valence-corrected chi connectivity index (χ2v) is 10.0. The van der Waals surface area contributed by atoms with E-state index in [0.717, 1.165) is 36.0 Å². The third-order valence-corrected chi connectivity index (χ3v) is 7.81. The van der Waals surface area contributed by atoms with Gasteiger partial charge in [-0.3, -0.25) is 4.79 Å². The molecule has 0 unspecified atom stereocenters. The van der Waals surface area contributed by atoms with E-state index in [1.165, 1.54) is 26.4 Å². The molecule has 0 radical (unpaired) electrons. The van der Waals surface area contributed by atoms with E-state index in [1.807, 2.05) is 30.3 Å². The Labute approximate surface area is 184 Å². The smallest absolute Gasteiger partial charge is 0.328 e. The quantitative estimate of drug-likeness (QED) is 0.689. The van der Waals surface area contributed by atoms with E-state index < -0.39 is 6.04 Å². The molecule has 4 saturated carbocycles. The van der Waals surface area contributed by atoms with E-state index in [4.69, 9.17) is 4.74 Å². The molecule has 2 aromatic carbocycles. The van der Waals surface area contributed by atoms with E-state index >= 15 is 0 Å². The molecular formula is C27H31NO3. The lowest BCUT2D eigenvalue weighted by Crippen LogP contribution is -2.56. The highest BCUT2D eigenvalue weighted by Gasteiger charge is 2.55. The van der Waals surface area contributed by atoms with Gasteiger partial charge in [-0.1, -0.05) is 54.6 Å². The Balaban J connectivity index is 1.30. The zero-order chi connectivity index (χ0) is 21.4. The van der Waals surface area contributed by atoms with Crippen LogP contribution >= 0.6 is 0 Å². The fraction of sp³-hybridized carbons (Fsp3) is 0.481. The van der Waals surface area contributed by atoms with Gasteiger partial charge in [0.1, 0.15) is 6.04 Å². The average Bonchev–Trinajstić information content (AvgIpc) is 2.78. The topological polar surface area (TPSA) is 55.4 Å². The van der Waals surface area contributed by atoms with E-state index in [9.17, 15) is 9.59 Å². The van der Waals surface area contributed by atoms with Gasteiger partial charge in [-0.15, -0.1) is 0 Å². The lowest BCUT2D eigenvalue weighted by atomic mass is 9.49. The normalized spacial score (nSPS) is 29.4. The van der Waals surface area contributed by atoms with Crippen LogP contribution in [0.3, 0.4) is 0 Å². The third kappa shape index (κ3) is 4.00. The number of carbonyl (C=O) groups is 2. The summed E-state index contributed by atoms with van der Waals surface area (Å²) in [6.45, 7) is 0. The summed E-state index contributed by atoms with van der Waals surface area (Å²) >= 11 is 0. The van der Waals surface area contributed by atoms with Crippen LogP contribution in [-0.4, -0.2) is 25.0 Å². The van der Waals surface area contributed by atoms with Crippen LogP contribution in [0.15, 0.2) is 54.6 Å². The standard InChI is InChI=1S/C27H31NO3/c1-31-25(29)24(14-18-7-9-23(10-8-18)22-5-3-2-4-6-22)28-26(30)27-15-19-11-20(16-27)13-21(12-19)17-27/h2-10,19-21,24H,11-17H2,1H3,(H,28,30)/t19?,20?,21?,24-,27?/m0/s1. The fourth-order valence-corrected chi connectivity index (χ4v) is 6.74. The van der Waals surface area contributed by atoms with E-state index in [0.29, 0.717) is 24.2 Å². The molecule has 1 atom stereocenters. The monoisotopic (exact) mass is 417 g/mol. The largest absolute Gasteiger partial charge is 0.467 e. The molecule has 6 rings (SSSR count). The van der Waals surface area contributed by atoms with Crippen LogP contribution < -0.4 is 5.32 Å². The first kappa shape index (κ1) is 20.3. The van der Waals surface area contributed by atoms with Gasteiger partial charge in [0, 0.05) is 11.8 Å². The van der Waals surface area contributed by atoms with Gasteiger partial charge in [-0.25, -0.2) is 4.79 Å². The summed E-state index contributed by atoms with van der Waals surface area (Å²) in [6.07, 6.45) is 7.29. The predicted molar refractivity (Wildman–Crippen MR) is 120 cm³/mol. The van der Waals surface area contributed by atoms with Gasteiger partial charge in [0.25, 0.3) is 0 Å². The Morgan fingerprint density at radius 2 is 1.45 bits per heavy atom. The second-order valence-electron chi connectivity index (χ2n) is 10.0. The second kappa shape index (κ2) is 8.14. The predicted octanol–water partition coefficient (Wildman–Crippen LogP) is 4.77. The zero-order valence-corrected chi connectivity index (χ0v) is 18.2. The Hall–Kier alpha value is -2.62. The summed E-state index contributed by atoms with van der Waals surface area (Å²) in [5, 5.41) is 3.11. The Bertz CT molecular complexity index is 915. The fourth-order valence-electron chi connectivity index (χ4n) is 6.74. The lowest BCUT2D eigenvalue weighted by Gasteiger charge is -2.55. The van der Waals surface area contributed by atoms with E-state index in [2.05, 4.69) is 29.6 Å². The molecule has 4 bridgehead atoms. The van der Waals surface area contributed by atoms with Gasteiger partial charge in [0.05, 0.1) is 7.11 Å². The minimum Gasteiger partial charge on any atom is -0.467 e. The van der Waals surface area contributed by atoms with E-state index in [1.54, 1.807) is 0 Å². The molecular weight excluding hydrogens is 386 g/mol. The van der Waals surface area contributed by atoms with Crippen molar-refractivity contribution in [1.29, 1.82) is 0 Å². The van der Waals surface area contributed by atoms with Crippen LogP contribution in [-0.2, 0) is 20.7 Å². The maximum atomic E-state index is 13.4. The number of esters is 1. The van der Waals surface area contributed by atoms with Crippen molar-refractivity contribution < 1.29 is 14.3 Å². The summed E-state index contributed by atoms with van der Waals surface area (Å²) in [5.41, 5.74) is 3.05. The Morgan fingerprint density at radius 3 is 2.00 bits per heavy atom. The first-order valence-electron chi connectivity index (χ1n) is 11.6. The maximum Gasteiger partial charge on any atom is 0.328 e. The number of hydrogen-bond donors (Lipinski definition) is 1. The molecule has 1 N–H and O–H groups in total. The minimum absolute atomic E-state index is 0.0721. The third-order valence-electron chi connectivity index (χ3n) is 7.81. The van der Waals surface area contributed by atoms with Gasteiger partial charge in [0.2, 0.25) is 5.91 Å². The van der Waals surface area contributed by atoms with Gasteiger partial charge in [-0.05, 0) is 73.0 Å². The van der Waals surface area contributed by atoms with Crippen molar-refractivity contribution in [2.24, 2.45) is 23.2 Å². The number of rotatable bonds is 6. The first-order chi connectivity index (χ1) is 15.0. The van der Waals surface area contributed by atoms with Crippen LogP contribution in [0.5, 0.6) is 0 Å². The van der Waals surface area contributed by atoms with Crippen molar-refractivity contribution >= 4 is 11.9 Å². The van der Waals surface area contributed by atoms with Crippen LogP contribution in [0.2, 0.25) is 0 Å². The average molecular weight is 418 g/mol. The lowest BCUT2D eigenvalue weighted by molar-refractivity contribution is -0.152. The number of benzene rings is 2. The molecule has 0 spiro atoms. The summed E-state index contributed by atoms with van der Waals surface area (Å²) < 4.78 is 5.04. The number of hydrogen-bond acceptors (Lipinski definition) is 3. The number of ether oxygens (including phenoxy) is 1. The number of methoxy groups -OCH3 is 1. The molecule has 0 saturated heterocycles. The summed E-state index contributed by atoms with van der Waals surface area (Å²) in [4.78, 5) is 26.0. The van der Waals surface area contributed by atoms with Crippen molar-refractivity contribution in [2.75, 3.05) is 7.11 Å². The minimum atomic E-state index is -0.645. The van der Waals surface area contributed by atoms with Crippen LogP contribution in [0, 0.1) is 23.2 Å². The van der Waals surface area contributed by atoms with Gasteiger partial charge in [0.15, 0.2) is 0 Å². The van der Waals surface area contributed by atoms with Crippen molar-refractivity contribution in [2.45, 2.75) is 51.0 Å². The summed E-state index contributed by atoms with van der Waals surface area (Å²) in [6, 6.07) is 17.8. The molecule has 162 valence electrons. The van der Waals surface area contributed by atoms with Crippen LogP contribution in [0.4, 0.5) is 0 Å². The van der Waals surface area contributed by atoms with Crippen molar-refractivity contribution in [3.63, 3.8) is 0 Å². The van der Waals surface area contributed by atoms with E-state index in [-0.39, 0.29) is 17.3 Å². The van der Waals surface area contributed by atoms with Gasteiger partial charge < -0.3 is 10.1 Å². The van der Waals surface area contributed by atoms with Crippen molar-refractivity contribution in [3.05, 3.63) is 60.2 Å². The molecule has 4 heteroatoms.